The van der Waals surface area contributed by atoms with E-state index >= 15 is 0 Å². The Morgan fingerprint density at radius 1 is 1.28 bits per heavy atom. The van der Waals surface area contributed by atoms with E-state index in [1.54, 1.807) is 7.11 Å². The van der Waals surface area contributed by atoms with Crippen molar-refractivity contribution in [2.24, 2.45) is 5.92 Å². The van der Waals surface area contributed by atoms with Gasteiger partial charge in [-0.05, 0) is 50.7 Å². The number of carboxylic acids is 1. The van der Waals surface area contributed by atoms with Crippen LogP contribution >= 0.6 is 0 Å². The fourth-order valence-corrected chi connectivity index (χ4v) is 3.84. The van der Waals surface area contributed by atoms with Gasteiger partial charge in [-0.15, -0.1) is 0 Å². The van der Waals surface area contributed by atoms with Gasteiger partial charge in [0.25, 0.3) is 0 Å². The monoisotopic (exact) mass is 350 g/mol. The van der Waals surface area contributed by atoms with Gasteiger partial charge in [-0.1, -0.05) is 0 Å². The third kappa shape index (κ3) is 4.15. The zero-order chi connectivity index (χ0) is 17.8. The van der Waals surface area contributed by atoms with E-state index in [2.05, 4.69) is 5.32 Å². The molecule has 0 radical (unpaired) electrons. The summed E-state index contributed by atoms with van der Waals surface area (Å²) in [7, 11) is 1.62. The third-order valence-electron chi connectivity index (χ3n) is 5.22. The van der Waals surface area contributed by atoms with Crippen molar-refractivity contribution in [1.29, 1.82) is 0 Å². The molecule has 138 valence electrons. The van der Waals surface area contributed by atoms with Crippen molar-refractivity contribution in [3.05, 3.63) is 23.7 Å². The summed E-state index contributed by atoms with van der Waals surface area (Å²) in [5.74, 6) is 0.565. The quantitative estimate of drug-likeness (QED) is 0.852. The van der Waals surface area contributed by atoms with Crippen LogP contribution in [0.3, 0.4) is 0 Å². The Morgan fingerprint density at radius 2 is 2.04 bits per heavy atom. The molecule has 2 heterocycles. The molecule has 0 spiro atoms. The van der Waals surface area contributed by atoms with Crippen molar-refractivity contribution in [2.45, 2.75) is 57.2 Å². The highest BCUT2D eigenvalue weighted by Crippen LogP contribution is 2.33. The number of carbonyl (C=O) groups is 2. The molecule has 1 aliphatic heterocycles. The van der Waals surface area contributed by atoms with Crippen LogP contribution < -0.4 is 5.32 Å². The van der Waals surface area contributed by atoms with Crippen LogP contribution in [-0.4, -0.2) is 41.7 Å². The van der Waals surface area contributed by atoms with Crippen LogP contribution in [0.25, 0.3) is 0 Å². The van der Waals surface area contributed by atoms with Crippen molar-refractivity contribution in [2.75, 3.05) is 13.7 Å². The lowest BCUT2D eigenvalue weighted by Gasteiger charge is -2.30. The molecule has 1 aliphatic carbocycles. The number of ether oxygens (including phenoxy) is 1. The predicted molar refractivity (Wildman–Crippen MR) is 90.0 cm³/mol. The minimum Gasteiger partial charge on any atom is -0.481 e. The Morgan fingerprint density at radius 3 is 2.72 bits per heavy atom. The smallest absolute Gasteiger partial charge is 0.318 e. The molecule has 2 fully saturated rings. The molecule has 1 aromatic rings. The normalized spacial score (nSPS) is 26.6. The number of nitrogens with zero attached hydrogens (tertiary/aromatic N) is 1. The van der Waals surface area contributed by atoms with E-state index < -0.39 is 5.97 Å². The van der Waals surface area contributed by atoms with E-state index in [1.807, 2.05) is 17.0 Å². The van der Waals surface area contributed by atoms with E-state index in [-0.39, 0.29) is 24.0 Å². The maximum absolute atomic E-state index is 12.7. The Labute approximate surface area is 147 Å². The summed E-state index contributed by atoms with van der Waals surface area (Å²) < 4.78 is 10.9. The topological polar surface area (TPSA) is 92.0 Å². The van der Waals surface area contributed by atoms with Gasteiger partial charge in [0.1, 0.15) is 18.1 Å². The summed E-state index contributed by atoms with van der Waals surface area (Å²) in [5.41, 5.74) is 0. The van der Waals surface area contributed by atoms with Crippen molar-refractivity contribution < 1.29 is 23.8 Å². The van der Waals surface area contributed by atoms with Crippen LogP contribution in [0.5, 0.6) is 0 Å². The highest BCUT2D eigenvalue weighted by molar-refractivity contribution is 5.75. The molecule has 25 heavy (non-hydrogen) atoms. The zero-order valence-electron chi connectivity index (χ0n) is 14.6. The van der Waals surface area contributed by atoms with Crippen LogP contribution in [0.2, 0.25) is 0 Å². The van der Waals surface area contributed by atoms with Gasteiger partial charge in [-0.25, -0.2) is 4.79 Å². The molecular formula is C18H26N2O5. The number of hydrogen-bond acceptors (Lipinski definition) is 4. The largest absolute Gasteiger partial charge is 0.481 e. The molecule has 7 heteroatoms. The first-order valence-corrected chi connectivity index (χ1v) is 8.96. The number of methoxy groups -OCH3 is 1. The lowest BCUT2D eigenvalue weighted by Crippen LogP contribution is -2.46. The molecule has 2 amide bonds. The van der Waals surface area contributed by atoms with Crippen LogP contribution in [0.1, 0.15) is 56.1 Å². The number of rotatable bonds is 5. The first-order valence-electron chi connectivity index (χ1n) is 8.96. The van der Waals surface area contributed by atoms with Gasteiger partial charge in [0.2, 0.25) is 0 Å². The number of furan rings is 1. The summed E-state index contributed by atoms with van der Waals surface area (Å²) in [4.78, 5) is 25.5. The van der Waals surface area contributed by atoms with E-state index in [0.29, 0.717) is 26.0 Å². The summed E-state index contributed by atoms with van der Waals surface area (Å²) in [5, 5.41) is 12.1. The van der Waals surface area contributed by atoms with Crippen LogP contribution in [0.4, 0.5) is 4.79 Å². The Balaban J connectivity index is 1.56. The van der Waals surface area contributed by atoms with E-state index in [0.717, 1.165) is 37.2 Å². The fourth-order valence-electron chi connectivity index (χ4n) is 3.84. The second-order valence-electron chi connectivity index (χ2n) is 6.92. The lowest BCUT2D eigenvalue weighted by atomic mass is 9.86. The zero-order valence-corrected chi connectivity index (χ0v) is 14.6. The van der Waals surface area contributed by atoms with Crippen LogP contribution in [-0.2, 0) is 16.1 Å². The average Bonchev–Trinajstić information content (AvgIpc) is 3.24. The summed E-state index contributed by atoms with van der Waals surface area (Å²) in [6, 6.07) is 3.75. The second kappa shape index (κ2) is 7.91. The summed E-state index contributed by atoms with van der Waals surface area (Å²) in [6.07, 6.45) is 4.54. The Hall–Kier alpha value is -2.02. The second-order valence-corrected chi connectivity index (χ2v) is 6.92. The Bertz CT molecular complexity index is 606. The van der Waals surface area contributed by atoms with Crippen molar-refractivity contribution in [3.8, 4) is 0 Å². The maximum Gasteiger partial charge on any atom is 0.318 e. The molecule has 7 nitrogen and oxygen atoms in total. The molecule has 0 bridgehead atoms. The molecule has 1 saturated carbocycles. The first-order chi connectivity index (χ1) is 12.1. The van der Waals surface area contributed by atoms with E-state index in [4.69, 9.17) is 14.3 Å². The van der Waals surface area contributed by atoms with Crippen molar-refractivity contribution in [3.63, 3.8) is 0 Å². The maximum atomic E-state index is 12.7. The van der Waals surface area contributed by atoms with E-state index in [1.165, 1.54) is 0 Å². The first kappa shape index (κ1) is 17.8. The number of amides is 2. The lowest BCUT2D eigenvalue weighted by molar-refractivity contribution is -0.142. The van der Waals surface area contributed by atoms with Gasteiger partial charge in [-0.2, -0.15) is 0 Å². The number of likely N-dealkylation sites (tertiary alicyclic amines) is 1. The highest BCUT2D eigenvalue weighted by Gasteiger charge is 2.34. The predicted octanol–water partition coefficient (Wildman–Crippen LogP) is 2.92. The molecule has 2 N–H and O–H groups in total. The molecule has 0 aromatic carbocycles. The Kier molecular flexibility index (Phi) is 5.63. The molecule has 1 saturated heterocycles. The minimum absolute atomic E-state index is 0.0408. The minimum atomic E-state index is -0.728. The SMILES string of the molecule is COCc1ccc(C2CCCN2C(=O)NC2CCC(C(=O)O)CC2)o1. The van der Waals surface area contributed by atoms with Crippen molar-refractivity contribution in [1.82, 2.24) is 10.2 Å². The number of carbonyl (C=O) groups excluding carboxylic acids is 1. The number of aliphatic carboxylic acids is 1. The van der Waals surface area contributed by atoms with Gasteiger partial charge in [0.05, 0.1) is 12.0 Å². The standard InChI is InChI=1S/C18H26N2O5/c1-24-11-14-8-9-16(25-14)15-3-2-10-20(15)18(23)19-13-6-4-12(5-7-13)17(21)22/h8-9,12-13,15H,2-7,10-11H2,1H3,(H,19,23)(H,21,22). The molecule has 3 rings (SSSR count). The molecular weight excluding hydrogens is 324 g/mol. The van der Waals surface area contributed by atoms with Crippen molar-refractivity contribution >= 4 is 12.0 Å². The van der Waals surface area contributed by atoms with Gasteiger partial charge in [0.15, 0.2) is 0 Å². The summed E-state index contributed by atoms with van der Waals surface area (Å²) in [6.45, 7) is 1.13. The van der Waals surface area contributed by atoms with Gasteiger partial charge < -0.3 is 24.5 Å². The number of hydrogen-bond donors (Lipinski definition) is 2. The van der Waals surface area contributed by atoms with E-state index in [9.17, 15) is 9.59 Å². The average molecular weight is 350 g/mol. The number of carboxylic acid groups (broad SMARTS) is 1. The van der Waals surface area contributed by atoms with Crippen LogP contribution in [0, 0.1) is 5.92 Å². The van der Waals surface area contributed by atoms with Gasteiger partial charge in [-0.3, -0.25) is 4.79 Å². The molecule has 1 atom stereocenters. The summed E-state index contributed by atoms with van der Waals surface area (Å²) >= 11 is 0. The fraction of sp³-hybridized carbons (Fsp3) is 0.667. The molecule has 2 aliphatic rings. The molecule has 1 unspecified atom stereocenters. The number of urea groups is 1. The number of nitrogens with one attached hydrogen (secondary N) is 1. The van der Waals surface area contributed by atoms with Gasteiger partial charge in [0, 0.05) is 19.7 Å². The van der Waals surface area contributed by atoms with Crippen LogP contribution in [0.15, 0.2) is 16.5 Å². The molecule has 1 aromatic heterocycles. The third-order valence-corrected chi connectivity index (χ3v) is 5.22. The highest BCUT2D eigenvalue weighted by atomic mass is 16.5. The van der Waals surface area contributed by atoms with Gasteiger partial charge >= 0.3 is 12.0 Å².